The Labute approximate surface area is 86.5 Å². The lowest BCUT2D eigenvalue weighted by Gasteiger charge is -2.17. The first-order valence-corrected chi connectivity index (χ1v) is 5.18. The van der Waals surface area contributed by atoms with Crippen molar-refractivity contribution in [3.8, 4) is 0 Å². The zero-order valence-corrected chi connectivity index (χ0v) is 9.67. The Morgan fingerprint density at radius 2 is 2.14 bits per heavy atom. The topological polar surface area (TPSA) is 29.9 Å². The van der Waals surface area contributed by atoms with Gasteiger partial charge in [-0.25, -0.2) is 0 Å². The van der Waals surface area contributed by atoms with Gasteiger partial charge in [-0.05, 0) is 24.9 Å². The van der Waals surface area contributed by atoms with E-state index in [2.05, 4.69) is 43.4 Å². The van der Waals surface area contributed by atoms with Crippen molar-refractivity contribution in [2.45, 2.75) is 40.3 Å². The average molecular weight is 195 g/mol. The minimum atomic E-state index is 0.384. The lowest BCUT2D eigenvalue weighted by molar-refractivity contribution is 0.340. The molecule has 0 radical (unpaired) electrons. The van der Waals surface area contributed by atoms with Gasteiger partial charge < -0.3 is 5.32 Å². The van der Waals surface area contributed by atoms with Crippen LogP contribution in [0.5, 0.6) is 0 Å². The number of aromatic nitrogens is 2. The van der Waals surface area contributed by atoms with E-state index in [1.165, 1.54) is 0 Å². The van der Waals surface area contributed by atoms with Crippen LogP contribution >= 0.6 is 0 Å². The maximum atomic E-state index is 4.46. The Morgan fingerprint density at radius 1 is 1.43 bits per heavy atom. The van der Waals surface area contributed by atoms with Gasteiger partial charge in [0.2, 0.25) is 0 Å². The van der Waals surface area contributed by atoms with Crippen molar-refractivity contribution >= 4 is 0 Å². The fraction of sp³-hybridized carbons (Fsp3) is 0.727. The summed E-state index contributed by atoms with van der Waals surface area (Å²) in [4.78, 5) is 0. The monoisotopic (exact) mass is 195 g/mol. The van der Waals surface area contributed by atoms with Crippen LogP contribution in [-0.2, 0) is 13.1 Å². The van der Waals surface area contributed by atoms with E-state index >= 15 is 0 Å². The van der Waals surface area contributed by atoms with Crippen LogP contribution in [-0.4, -0.2) is 16.8 Å². The van der Waals surface area contributed by atoms with Crippen molar-refractivity contribution in [3.05, 3.63) is 18.0 Å². The summed E-state index contributed by atoms with van der Waals surface area (Å²) in [7, 11) is 1.94. The van der Waals surface area contributed by atoms with Gasteiger partial charge in [0.15, 0.2) is 0 Å². The fourth-order valence-electron chi connectivity index (χ4n) is 1.25. The fourth-order valence-corrected chi connectivity index (χ4v) is 1.25. The molecule has 3 heteroatoms. The Balaban J connectivity index is 2.44. The van der Waals surface area contributed by atoms with Gasteiger partial charge in [0.25, 0.3) is 0 Å². The van der Waals surface area contributed by atoms with E-state index in [-0.39, 0.29) is 0 Å². The molecule has 0 atom stereocenters. The second-order valence-corrected chi connectivity index (χ2v) is 4.91. The summed E-state index contributed by atoms with van der Waals surface area (Å²) < 4.78 is 2.03. The lowest BCUT2D eigenvalue weighted by Crippen LogP contribution is -2.11. The van der Waals surface area contributed by atoms with Crippen molar-refractivity contribution in [3.63, 3.8) is 0 Å². The molecule has 0 aromatic carbocycles. The molecular formula is C11H21N3. The third-order valence-corrected chi connectivity index (χ3v) is 2.14. The minimum Gasteiger partial charge on any atom is -0.314 e. The smallest absolute Gasteiger partial charge is 0.0762 e. The molecule has 1 heterocycles. The zero-order chi connectivity index (χ0) is 10.6. The van der Waals surface area contributed by atoms with E-state index in [0.29, 0.717) is 5.41 Å². The number of hydrogen-bond acceptors (Lipinski definition) is 2. The van der Waals surface area contributed by atoms with E-state index in [1.807, 2.05) is 11.7 Å². The van der Waals surface area contributed by atoms with Crippen LogP contribution in [0, 0.1) is 5.41 Å². The molecule has 0 aliphatic carbocycles. The Morgan fingerprint density at radius 3 is 2.71 bits per heavy atom. The summed E-state index contributed by atoms with van der Waals surface area (Å²) in [5, 5.41) is 7.55. The Kier molecular flexibility index (Phi) is 3.69. The molecule has 0 saturated carbocycles. The molecule has 1 rings (SSSR count). The third kappa shape index (κ3) is 3.92. The van der Waals surface area contributed by atoms with Crippen LogP contribution in [0.15, 0.2) is 12.3 Å². The van der Waals surface area contributed by atoms with E-state index in [0.717, 1.165) is 25.2 Å². The van der Waals surface area contributed by atoms with Crippen LogP contribution in [0.1, 0.15) is 32.9 Å². The minimum absolute atomic E-state index is 0.384. The van der Waals surface area contributed by atoms with Gasteiger partial charge in [0.1, 0.15) is 0 Å². The van der Waals surface area contributed by atoms with Crippen LogP contribution in [0.25, 0.3) is 0 Å². The first kappa shape index (κ1) is 11.2. The normalized spacial score (nSPS) is 12.0. The van der Waals surface area contributed by atoms with Crippen molar-refractivity contribution in [1.29, 1.82) is 0 Å². The Hall–Kier alpha value is -0.830. The SMILES string of the molecule is CNCc1ccn(CCC(C)(C)C)n1. The maximum absolute atomic E-state index is 4.46. The van der Waals surface area contributed by atoms with Crippen molar-refractivity contribution < 1.29 is 0 Å². The predicted octanol–water partition coefficient (Wildman–Crippen LogP) is 2.04. The molecule has 14 heavy (non-hydrogen) atoms. The van der Waals surface area contributed by atoms with Crippen molar-refractivity contribution in [2.75, 3.05) is 7.05 Å². The van der Waals surface area contributed by atoms with Crippen LogP contribution in [0.2, 0.25) is 0 Å². The molecule has 0 saturated heterocycles. The second kappa shape index (κ2) is 4.60. The highest BCUT2D eigenvalue weighted by Gasteiger charge is 2.10. The highest BCUT2D eigenvalue weighted by atomic mass is 15.3. The molecule has 0 aliphatic rings. The molecule has 0 spiro atoms. The molecule has 0 aliphatic heterocycles. The first-order valence-electron chi connectivity index (χ1n) is 5.18. The molecule has 1 N–H and O–H groups in total. The van der Waals surface area contributed by atoms with Gasteiger partial charge in [-0.1, -0.05) is 20.8 Å². The predicted molar refractivity (Wildman–Crippen MR) is 59.1 cm³/mol. The lowest BCUT2D eigenvalue weighted by atomic mass is 9.92. The molecule has 0 bridgehead atoms. The zero-order valence-electron chi connectivity index (χ0n) is 9.67. The van der Waals surface area contributed by atoms with Gasteiger partial charge in [-0.3, -0.25) is 4.68 Å². The summed E-state index contributed by atoms with van der Waals surface area (Å²) in [5.74, 6) is 0. The molecule has 1 aromatic heterocycles. The second-order valence-electron chi connectivity index (χ2n) is 4.91. The highest BCUT2D eigenvalue weighted by Crippen LogP contribution is 2.18. The average Bonchev–Trinajstić information content (AvgIpc) is 2.49. The van der Waals surface area contributed by atoms with Crippen LogP contribution in [0.3, 0.4) is 0 Å². The summed E-state index contributed by atoms with van der Waals surface area (Å²) >= 11 is 0. The quantitative estimate of drug-likeness (QED) is 0.796. The standard InChI is InChI=1S/C11H21N3/c1-11(2,3)6-8-14-7-5-10(13-14)9-12-4/h5,7,12H,6,8-9H2,1-4H3. The van der Waals surface area contributed by atoms with Gasteiger partial charge in [0.05, 0.1) is 5.69 Å². The summed E-state index contributed by atoms with van der Waals surface area (Å²) in [6.45, 7) is 8.62. The van der Waals surface area contributed by atoms with E-state index in [9.17, 15) is 0 Å². The van der Waals surface area contributed by atoms with E-state index < -0.39 is 0 Å². The Bertz CT molecular complexity index is 270. The largest absolute Gasteiger partial charge is 0.314 e. The van der Waals surface area contributed by atoms with Gasteiger partial charge in [-0.15, -0.1) is 0 Å². The summed E-state index contributed by atoms with van der Waals surface area (Å²) in [6, 6.07) is 2.07. The highest BCUT2D eigenvalue weighted by molar-refractivity contribution is 4.98. The number of nitrogens with one attached hydrogen (secondary N) is 1. The van der Waals surface area contributed by atoms with E-state index in [4.69, 9.17) is 0 Å². The summed E-state index contributed by atoms with van der Waals surface area (Å²) in [6.07, 6.45) is 3.21. The van der Waals surface area contributed by atoms with Gasteiger partial charge in [0, 0.05) is 19.3 Å². The molecule has 0 fully saturated rings. The number of rotatable bonds is 4. The van der Waals surface area contributed by atoms with Crippen molar-refractivity contribution in [2.24, 2.45) is 5.41 Å². The number of nitrogens with zero attached hydrogens (tertiary/aromatic N) is 2. The summed E-state index contributed by atoms with van der Waals surface area (Å²) in [5.41, 5.74) is 1.50. The maximum Gasteiger partial charge on any atom is 0.0762 e. The van der Waals surface area contributed by atoms with Crippen LogP contribution < -0.4 is 5.32 Å². The van der Waals surface area contributed by atoms with Crippen molar-refractivity contribution in [1.82, 2.24) is 15.1 Å². The molecule has 0 unspecified atom stereocenters. The van der Waals surface area contributed by atoms with E-state index in [1.54, 1.807) is 0 Å². The van der Waals surface area contributed by atoms with Crippen LogP contribution in [0.4, 0.5) is 0 Å². The number of aryl methyl sites for hydroxylation is 1. The first-order chi connectivity index (χ1) is 6.51. The molecule has 0 amide bonds. The molecular weight excluding hydrogens is 174 g/mol. The van der Waals surface area contributed by atoms with Gasteiger partial charge >= 0.3 is 0 Å². The molecule has 3 nitrogen and oxygen atoms in total. The van der Waals surface area contributed by atoms with Gasteiger partial charge in [-0.2, -0.15) is 5.10 Å². The molecule has 1 aromatic rings. The molecule has 80 valence electrons. The third-order valence-electron chi connectivity index (χ3n) is 2.14. The number of hydrogen-bond donors (Lipinski definition) is 1.